The Balaban J connectivity index is 2.17. The Morgan fingerprint density at radius 1 is 1.44 bits per heavy atom. The zero-order valence-corrected chi connectivity index (χ0v) is 11.1. The molecule has 0 saturated carbocycles. The van der Waals surface area contributed by atoms with Crippen LogP contribution in [0.2, 0.25) is 0 Å². The van der Waals surface area contributed by atoms with E-state index in [2.05, 4.69) is 5.32 Å². The van der Waals surface area contributed by atoms with Gasteiger partial charge >= 0.3 is 5.97 Å². The van der Waals surface area contributed by atoms with Gasteiger partial charge in [0.2, 0.25) is 0 Å². The molecule has 1 fully saturated rings. The van der Waals surface area contributed by atoms with Crippen LogP contribution in [0.4, 0.5) is 5.69 Å². The molecular formula is C13H17NO3S. The van der Waals surface area contributed by atoms with Gasteiger partial charge in [-0.3, -0.25) is 0 Å². The van der Waals surface area contributed by atoms with Gasteiger partial charge in [-0.05, 0) is 42.5 Å². The molecule has 4 nitrogen and oxygen atoms in total. The normalized spacial score (nSPS) is 16.3. The van der Waals surface area contributed by atoms with Gasteiger partial charge in [-0.2, -0.15) is 11.8 Å². The lowest BCUT2D eigenvalue weighted by Gasteiger charge is -2.24. The molecule has 0 spiro atoms. The van der Waals surface area contributed by atoms with Crippen molar-refractivity contribution in [3.8, 4) is 5.75 Å². The minimum absolute atomic E-state index is 0.281. The highest BCUT2D eigenvalue weighted by Crippen LogP contribution is 2.29. The maximum absolute atomic E-state index is 11.0. The number of methoxy groups -OCH3 is 1. The number of carbonyl (C=O) groups is 1. The summed E-state index contributed by atoms with van der Waals surface area (Å²) in [5, 5.41) is 12.4. The molecule has 1 aromatic rings. The molecule has 98 valence electrons. The van der Waals surface area contributed by atoms with Crippen LogP contribution in [-0.2, 0) is 0 Å². The molecule has 1 saturated heterocycles. The van der Waals surface area contributed by atoms with Gasteiger partial charge in [-0.1, -0.05) is 0 Å². The van der Waals surface area contributed by atoms with Crippen LogP contribution in [0.1, 0.15) is 23.2 Å². The molecular weight excluding hydrogens is 250 g/mol. The lowest BCUT2D eigenvalue weighted by Crippen LogP contribution is -2.24. The molecule has 0 atom stereocenters. The number of carboxylic acids is 1. The van der Waals surface area contributed by atoms with Gasteiger partial charge in [0, 0.05) is 6.04 Å². The van der Waals surface area contributed by atoms with Crippen LogP contribution >= 0.6 is 11.8 Å². The topological polar surface area (TPSA) is 58.6 Å². The Bertz CT molecular complexity index is 430. The van der Waals surface area contributed by atoms with Crippen LogP contribution in [-0.4, -0.2) is 35.7 Å². The minimum Gasteiger partial charge on any atom is -0.495 e. The Labute approximate surface area is 111 Å². The largest absolute Gasteiger partial charge is 0.495 e. The van der Waals surface area contributed by atoms with E-state index in [1.807, 2.05) is 11.8 Å². The second-order valence-corrected chi connectivity index (χ2v) is 5.48. The minimum atomic E-state index is -0.917. The van der Waals surface area contributed by atoms with Crippen LogP contribution in [0.5, 0.6) is 5.75 Å². The highest BCUT2D eigenvalue weighted by molar-refractivity contribution is 7.99. The lowest BCUT2D eigenvalue weighted by atomic mass is 10.1. The Morgan fingerprint density at radius 2 is 2.17 bits per heavy atom. The van der Waals surface area contributed by atoms with Crippen molar-refractivity contribution in [2.75, 3.05) is 23.9 Å². The number of ether oxygens (including phenoxy) is 1. The van der Waals surface area contributed by atoms with E-state index in [-0.39, 0.29) is 5.56 Å². The van der Waals surface area contributed by atoms with Crippen molar-refractivity contribution in [3.05, 3.63) is 23.8 Å². The molecule has 2 rings (SSSR count). The molecule has 1 aliphatic heterocycles. The van der Waals surface area contributed by atoms with E-state index in [0.717, 1.165) is 30.0 Å². The highest BCUT2D eigenvalue weighted by atomic mass is 32.2. The molecule has 0 aromatic heterocycles. The second-order valence-electron chi connectivity index (χ2n) is 4.25. The summed E-state index contributed by atoms with van der Waals surface area (Å²) in [5.74, 6) is 2.08. The van der Waals surface area contributed by atoms with Crippen LogP contribution in [0.3, 0.4) is 0 Å². The Morgan fingerprint density at radius 3 is 2.78 bits per heavy atom. The third-order valence-corrected chi connectivity index (χ3v) is 4.08. The van der Waals surface area contributed by atoms with E-state index in [1.54, 1.807) is 25.3 Å². The summed E-state index contributed by atoms with van der Waals surface area (Å²) in [7, 11) is 1.59. The number of thioether (sulfide) groups is 1. The maximum atomic E-state index is 11.0. The standard InChI is InChI=1S/C13H17NO3S/c1-17-12-3-2-9(13(15)16)8-11(12)14-10-4-6-18-7-5-10/h2-3,8,10,14H,4-7H2,1H3,(H,15,16). The first-order chi connectivity index (χ1) is 8.70. The fraction of sp³-hybridized carbons (Fsp3) is 0.462. The predicted molar refractivity (Wildman–Crippen MR) is 73.9 cm³/mol. The first kappa shape index (κ1) is 13.1. The van der Waals surface area contributed by atoms with Crippen molar-refractivity contribution in [1.29, 1.82) is 0 Å². The molecule has 5 heteroatoms. The van der Waals surface area contributed by atoms with Crippen LogP contribution in [0, 0.1) is 0 Å². The number of carboxylic acid groups (broad SMARTS) is 1. The third kappa shape index (κ3) is 3.10. The van der Waals surface area contributed by atoms with Crippen molar-refractivity contribution in [2.45, 2.75) is 18.9 Å². The van der Waals surface area contributed by atoms with Gasteiger partial charge in [-0.25, -0.2) is 4.79 Å². The second kappa shape index (κ2) is 6.00. The maximum Gasteiger partial charge on any atom is 0.335 e. The number of aromatic carboxylic acids is 1. The molecule has 0 aliphatic carbocycles. The van der Waals surface area contributed by atoms with Crippen molar-refractivity contribution in [3.63, 3.8) is 0 Å². The van der Waals surface area contributed by atoms with Gasteiger partial charge in [0.25, 0.3) is 0 Å². The molecule has 0 unspecified atom stereocenters. The molecule has 0 bridgehead atoms. The smallest absolute Gasteiger partial charge is 0.335 e. The summed E-state index contributed by atoms with van der Waals surface area (Å²) >= 11 is 1.96. The van der Waals surface area contributed by atoms with E-state index >= 15 is 0 Å². The fourth-order valence-electron chi connectivity index (χ4n) is 2.02. The summed E-state index contributed by atoms with van der Waals surface area (Å²) in [4.78, 5) is 11.0. The van der Waals surface area contributed by atoms with E-state index in [4.69, 9.17) is 9.84 Å². The van der Waals surface area contributed by atoms with Crippen molar-refractivity contribution >= 4 is 23.4 Å². The molecule has 0 amide bonds. The first-order valence-corrected chi connectivity index (χ1v) is 7.12. The van der Waals surface area contributed by atoms with Gasteiger partial charge in [-0.15, -0.1) is 0 Å². The molecule has 2 N–H and O–H groups in total. The Hall–Kier alpha value is -1.36. The van der Waals surface area contributed by atoms with Crippen molar-refractivity contribution < 1.29 is 14.6 Å². The number of hydrogen-bond acceptors (Lipinski definition) is 4. The zero-order valence-electron chi connectivity index (χ0n) is 10.3. The van der Waals surface area contributed by atoms with E-state index in [1.165, 1.54) is 0 Å². The number of hydrogen-bond donors (Lipinski definition) is 2. The summed E-state index contributed by atoms with van der Waals surface area (Å²) in [5.41, 5.74) is 1.05. The van der Waals surface area contributed by atoms with Crippen molar-refractivity contribution in [2.24, 2.45) is 0 Å². The first-order valence-electron chi connectivity index (χ1n) is 5.96. The SMILES string of the molecule is COc1ccc(C(=O)O)cc1NC1CCSCC1. The van der Waals surface area contributed by atoms with Gasteiger partial charge < -0.3 is 15.2 Å². The zero-order chi connectivity index (χ0) is 13.0. The number of nitrogens with one attached hydrogen (secondary N) is 1. The van der Waals surface area contributed by atoms with Gasteiger partial charge in [0.15, 0.2) is 0 Å². The van der Waals surface area contributed by atoms with E-state index in [0.29, 0.717) is 11.8 Å². The van der Waals surface area contributed by atoms with E-state index in [9.17, 15) is 4.79 Å². The van der Waals surface area contributed by atoms with E-state index < -0.39 is 5.97 Å². The summed E-state index contributed by atoms with van der Waals surface area (Å²) in [6.45, 7) is 0. The number of benzene rings is 1. The monoisotopic (exact) mass is 267 g/mol. The third-order valence-electron chi connectivity index (χ3n) is 3.03. The summed E-state index contributed by atoms with van der Waals surface area (Å²) < 4.78 is 5.26. The summed E-state index contributed by atoms with van der Waals surface area (Å²) in [6, 6.07) is 5.30. The molecule has 1 aromatic carbocycles. The Kier molecular flexibility index (Phi) is 4.36. The van der Waals surface area contributed by atoms with Gasteiger partial charge in [0.1, 0.15) is 5.75 Å². The van der Waals surface area contributed by atoms with Crippen molar-refractivity contribution in [1.82, 2.24) is 0 Å². The quantitative estimate of drug-likeness (QED) is 0.878. The van der Waals surface area contributed by atoms with Crippen LogP contribution in [0.15, 0.2) is 18.2 Å². The molecule has 1 aliphatic rings. The number of anilines is 1. The summed E-state index contributed by atoms with van der Waals surface area (Å²) in [6.07, 6.45) is 2.20. The van der Waals surface area contributed by atoms with Gasteiger partial charge in [0.05, 0.1) is 18.4 Å². The highest BCUT2D eigenvalue weighted by Gasteiger charge is 2.16. The van der Waals surface area contributed by atoms with Crippen LogP contribution < -0.4 is 10.1 Å². The average Bonchev–Trinajstić information content (AvgIpc) is 2.39. The predicted octanol–water partition coefficient (Wildman–Crippen LogP) is 2.70. The molecule has 0 radical (unpaired) electrons. The van der Waals surface area contributed by atoms with Crippen LogP contribution in [0.25, 0.3) is 0 Å². The number of rotatable bonds is 4. The molecule has 18 heavy (non-hydrogen) atoms. The average molecular weight is 267 g/mol. The molecule has 1 heterocycles. The lowest BCUT2D eigenvalue weighted by molar-refractivity contribution is 0.0697. The fourth-order valence-corrected chi connectivity index (χ4v) is 3.12.